The molecule has 2 aliphatic carbocycles. The van der Waals surface area contributed by atoms with Gasteiger partial charge in [-0.05, 0) is 56.0 Å². The number of benzene rings is 1. The molecule has 1 aromatic carbocycles. The number of methoxy groups -OCH3 is 2. The highest BCUT2D eigenvalue weighted by atomic mass is 35.6. The minimum absolute atomic E-state index is 0.0849. The van der Waals surface area contributed by atoms with E-state index in [-0.39, 0.29) is 11.8 Å². The Kier molecular flexibility index (Phi) is 5.71. The third-order valence-corrected chi connectivity index (χ3v) is 7.84. The van der Waals surface area contributed by atoms with Crippen molar-refractivity contribution in [1.82, 2.24) is 4.90 Å². The average molecular weight is 501 g/mol. The molecule has 1 aromatic rings. The number of halogens is 3. The Bertz CT molecular complexity index is 1030. The van der Waals surface area contributed by atoms with Gasteiger partial charge in [0, 0.05) is 17.5 Å². The molecule has 0 saturated carbocycles. The van der Waals surface area contributed by atoms with Crippen molar-refractivity contribution in [2.45, 2.75) is 47.5 Å². The summed E-state index contributed by atoms with van der Waals surface area (Å²) in [5, 5.41) is 0. The molecule has 0 aromatic heterocycles. The van der Waals surface area contributed by atoms with Crippen LogP contribution in [0.5, 0.6) is 11.5 Å². The molecule has 1 atom stereocenters. The third-order valence-electron chi connectivity index (χ3n) is 6.47. The Morgan fingerprint density at radius 1 is 1.16 bits per heavy atom. The van der Waals surface area contributed by atoms with Gasteiger partial charge in [0.25, 0.3) is 0 Å². The van der Waals surface area contributed by atoms with E-state index in [0.717, 1.165) is 16.7 Å². The molecule has 0 bridgehead atoms. The van der Waals surface area contributed by atoms with Crippen LogP contribution in [0.2, 0.25) is 0 Å². The minimum Gasteiger partial charge on any atom is -0.493 e. The van der Waals surface area contributed by atoms with Gasteiger partial charge in [-0.3, -0.25) is 4.79 Å². The lowest BCUT2D eigenvalue weighted by Crippen LogP contribution is -2.47. The number of carbonyl (C=O) groups excluding carboxylic acids is 2. The van der Waals surface area contributed by atoms with Crippen LogP contribution >= 0.6 is 34.8 Å². The van der Waals surface area contributed by atoms with E-state index in [1.165, 1.54) is 0 Å². The van der Waals surface area contributed by atoms with Crippen molar-refractivity contribution in [2.24, 2.45) is 0 Å². The highest BCUT2D eigenvalue weighted by molar-refractivity contribution is 6.68. The van der Waals surface area contributed by atoms with Gasteiger partial charge in [0.05, 0.1) is 20.3 Å². The SMILES string of the molecule is COc1cc2c3c(c1OC)C1(C=CC(=O)C=C1)C[C@H]3N(C(=O)OC(C)(C)C(Cl)(Cl)Cl)CC2. The molecule has 0 saturated heterocycles. The second-order valence-electron chi connectivity index (χ2n) is 8.71. The second-order valence-corrected chi connectivity index (χ2v) is 11.0. The van der Waals surface area contributed by atoms with Crippen molar-refractivity contribution < 1.29 is 23.8 Å². The summed E-state index contributed by atoms with van der Waals surface area (Å²) in [6.07, 6.45) is 7.43. The topological polar surface area (TPSA) is 65.1 Å². The Morgan fingerprint density at radius 2 is 1.81 bits per heavy atom. The standard InChI is InChI=1S/C23H24Cl3NO5/c1-21(2,23(24,25)26)32-20(29)27-10-7-13-11-16(30-3)19(31-4)18-17(13)15(27)12-22(18)8-5-14(28)6-9-22/h5-6,8-9,11,15H,7,10,12H2,1-4H3/t15-/m1/s1. The largest absolute Gasteiger partial charge is 0.493 e. The molecule has 1 aliphatic heterocycles. The van der Waals surface area contributed by atoms with Crippen LogP contribution < -0.4 is 9.47 Å². The zero-order chi connectivity index (χ0) is 23.5. The first-order valence-electron chi connectivity index (χ1n) is 10.2. The van der Waals surface area contributed by atoms with E-state index in [0.29, 0.717) is 30.9 Å². The maximum Gasteiger partial charge on any atom is 0.410 e. The highest BCUT2D eigenvalue weighted by Crippen LogP contribution is 2.58. The van der Waals surface area contributed by atoms with E-state index < -0.39 is 20.9 Å². The summed E-state index contributed by atoms with van der Waals surface area (Å²) >= 11 is 18.1. The van der Waals surface area contributed by atoms with Gasteiger partial charge in [-0.25, -0.2) is 4.79 Å². The van der Waals surface area contributed by atoms with E-state index in [1.807, 2.05) is 18.2 Å². The maximum atomic E-state index is 13.2. The number of nitrogens with zero attached hydrogens (tertiary/aromatic N) is 1. The van der Waals surface area contributed by atoms with Crippen LogP contribution in [0.3, 0.4) is 0 Å². The minimum atomic E-state index is -1.79. The van der Waals surface area contributed by atoms with Crippen molar-refractivity contribution in [3.63, 3.8) is 0 Å². The lowest BCUT2D eigenvalue weighted by Gasteiger charge is -2.39. The summed E-state index contributed by atoms with van der Waals surface area (Å²) in [4.78, 5) is 26.8. The summed E-state index contributed by atoms with van der Waals surface area (Å²) in [7, 11) is 3.18. The molecular formula is C23H24Cl3NO5. The lowest BCUT2D eigenvalue weighted by molar-refractivity contribution is -0.110. The number of ketones is 1. The number of hydrogen-bond donors (Lipinski definition) is 0. The first-order valence-corrected chi connectivity index (χ1v) is 11.3. The Hall–Kier alpha value is -1.89. The fourth-order valence-electron chi connectivity index (χ4n) is 4.73. The fourth-order valence-corrected chi connectivity index (χ4v) is 4.84. The van der Waals surface area contributed by atoms with Crippen LogP contribution in [0.25, 0.3) is 0 Å². The number of rotatable bonds is 3. The van der Waals surface area contributed by atoms with E-state index in [1.54, 1.807) is 45.1 Å². The molecule has 0 radical (unpaired) electrons. The first kappa shape index (κ1) is 23.3. The van der Waals surface area contributed by atoms with Crippen LogP contribution in [0.1, 0.15) is 43.0 Å². The maximum absolute atomic E-state index is 13.2. The zero-order valence-corrected chi connectivity index (χ0v) is 20.5. The van der Waals surface area contributed by atoms with Gasteiger partial charge in [0.1, 0.15) is 0 Å². The summed E-state index contributed by atoms with van der Waals surface area (Å²) in [6.45, 7) is 3.55. The molecule has 32 heavy (non-hydrogen) atoms. The van der Waals surface area contributed by atoms with Gasteiger partial charge >= 0.3 is 6.09 Å². The molecule has 1 heterocycles. The van der Waals surface area contributed by atoms with Crippen molar-refractivity contribution in [3.8, 4) is 11.5 Å². The monoisotopic (exact) mass is 499 g/mol. The number of fused-ring (bicyclic) bond motifs is 1. The predicted octanol–water partition coefficient (Wildman–Crippen LogP) is 5.23. The third kappa shape index (κ3) is 3.57. The van der Waals surface area contributed by atoms with E-state index in [9.17, 15) is 9.59 Å². The van der Waals surface area contributed by atoms with Crippen LogP contribution in [0, 0.1) is 0 Å². The summed E-state index contributed by atoms with van der Waals surface area (Å²) in [5.41, 5.74) is 1.01. The van der Waals surface area contributed by atoms with Gasteiger partial charge < -0.3 is 19.1 Å². The molecule has 0 fully saturated rings. The van der Waals surface area contributed by atoms with Gasteiger partial charge in [-0.15, -0.1) is 0 Å². The summed E-state index contributed by atoms with van der Waals surface area (Å²) < 4.78 is 15.2. The van der Waals surface area contributed by atoms with E-state index in [2.05, 4.69) is 0 Å². The average Bonchev–Trinajstić information content (AvgIpc) is 3.05. The predicted molar refractivity (Wildman–Crippen MR) is 123 cm³/mol. The number of ether oxygens (including phenoxy) is 3. The van der Waals surface area contributed by atoms with Crippen molar-refractivity contribution in [3.05, 3.63) is 47.1 Å². The number of amides is 1. The lowest BCUT2D eigenvalue weighted by atomic mass is 9.77. The molecule has 1 spiro atoms. The van der Waals surface area contributed by atoms with Gasteiger partial charge in [0.15, 0.2) is 22.9 Å². The van der Waals surface area contributed by atoms with Crippen LogP contribution in [0.15, 0.2) is 30.4 Å². The van der Waals surface area contributed by atoms with Gasteiger partial charge in [-0.2, -0.15) is 0 Å². The normalized spacial score (nSPS) is 21.0. The smallest absolute Gasteiger partial charge is 0.410 e. The van der Waals surface area contributed by atoms with Crippen molar-refractivity contribution in [2.75, 3.05) is 20.8 Å². The summed E-state index contributed by atoms with van der Waals surface area (Å²) in [6, 6.07) is 1.66. The molecule has 9 heteroatoms. The highest BCUT2D eigenvalue weighted by Gasteiger charge is 2.52. The molecule has 172 valence electrons. The van der Waals surface area contributed by atoms with Crippen molar-refractivity contribution >= 4 is 46.7 Å². The summed E-state index contributed by atoms with van der Waals surface area (Å²) in [5.74, 6) is 1.13. The molecule has 1 amide bonds. The van der Waals surface area contributed by atoms with Gasteiger partial charge in [0.2, 0.25) is 3.79 Å². The quantitative estimate of drug-likeness (QED) is 0.532. The molecule has 0 N–H and O–H groups in total. The number of alkyl halides is 3. The second kappa shape index (κ2) is 7.86. The molecular weight excluding hydrogens is 477 g/mol. The molecule has 4 rings (SSSR count). The number of hydrogen-bond acceptors (Lipinski definition) is 5. The van der Waals surface area contributed by atoms with Crippen molar-refractivity contribution in [1.29, 1.82) is 0 Å². The Labute approximate surface area is 202 Å². The molecule has 3 aliphatic rings. The molecule has 0 unspecified atom stereocenters. The van der Waals surface area contributed by atoms with Crippen LogP contribution in [-0.2, 0) is 21.4 Å². The Morgan fingerprint density at radius 3 is 2.38 bits per heavy atom. The van der Waals surface area contributed by atoms with Crippen LogP contribution in [0.4, 0.5) is 4.79 Å². The Balaban J connectivity index is 1.82. The number of carbonyl (C=O) groups is 2. The zero-order valence-electron chi connectivity index (χ0n) is 18.2. The van der Waals surface area contributed by atoms with E-state index >= 15 is 0 Å². The van der Waals surface area contributed by atoms with Gasteiger partial charge in [-0.1, -0.05) is 47.0 Å². The first-order chi connectivity index (χ1) is 14.9. The van der Waals surface area contributed by atoms with E-state index in [4.69, 9.17) is 49.0 Å². The fraction of sp³-hybridized carbons (Fsp3) is 0.478. The number of allylic oxidation sites excluding steroid dienone is 4. The molecule has 6 nitrogen and oxygen atoms in total. The van der Waals surface area contributed by atoms with Crippen LogP contribution in [-0.4, -0.2) is 46.9 Å².